The number of carbonyl (C=O) groups excluding carboxylic acids is 1. The molecule has 1 aromatic carbocycles. The van der Waals surface area contributed by atoms with Crippen LogP contribution in [0.5, 0.6) is 0 Å². The molecule has 4 nitrogen and oxygen atoms in total. The van der Waals surface area contributed by atoms with Crippen LogP contribution in [0, 0.1) is 20.8 Å². The summed E-state index contributed by atoms with van der Waals surface area (Å²) in [5.41, 5.74) is 5.25. The maximum atomic E-state index is 13.1. The van der Waals surface area contributed by atoms with Gasteiger partial charge in [-0.25, -0.2) is 0 Å². The second-order valence-electron chi connectivity index (χ2n) is 6.91. The first-order valence-electron chi connectivity index (χ1n) is 9.02. The average Bonchev–Trinajstić information content (AvgIpc) is 2.95. The van der Waals surface area contributed by atoms with Crippen molar-refractivity contribution in [2.75, 3.05) is 19.7 Å². The number of nitrogens with one attached hydrogen (secondary N) is 1. The van der Waals surface area contributed by atoms with Crippen LogP contribution >= 0.6 is 0 Å². The molecule has 2 heterocycles. The normalized spacial score (nSPS) is 18.1. The number of carbonyl (C=O) groups is 1. The van der Waals surface area contributed by atoms with E-state index in [4.69, 9.17) is 4.74 Å². The van der Waals surface area contributed by atoms with Gasteiger partial charge in [-0.1, -0.05) is 12.1 Å². The molecular formula is C20H28N2O2. The molecule has 0 spiro atoms. The van der Waals surface area contributed by atoms with Crippen molar-refractivity contribution in [3.8, 4) is 0 Å². The molecule has 1 aliphatic heterocycles. The van der Waals surface area contributed by atoms with E-state index in [9.17, 15) is 4.79 Å². The predicted molar refractivity (Wildman–Crippen MR) is 97.7 cm³/mol. The molecule has 0 unspecified atom stereocenters. The molecule has 1 aliphatic rings. The highest BCUT2D eigenvalue weighted by atomic mass is 16.5. The maximum Gasteiger partial charge on any atom is 0.270 e. The van der Waals surface area contributed by atoms with E-state index in [0.717, 1.165) is 36.2 Å². The quantitative estimate of drug-likeness (QED) is 0.917. The van der Waals surface area contributed by atoms with E-state index in [1.54, 1.807) is 0 Å². The zero-order chi connectivity index (χ0) is 17.3. The van der Waals surface area contributed by atoms with Gasteiger partial charge in [-0.15, -0.1) is 0 Å². The Balaban J connectivity index is 1.90. The number of likely N-dealkylation sites (N-methyl/N-ethyl adjacent to an activating group) is 1. The molecule has 1 atom stereocenters. The van der Waals surface area contributed by atoms with Crippen molar-refractivity contribution in [2.45, 2.75) is 53.1 Å². The fourth-order valence-electron chi connectivity index (χ4n) is 3.72. The Labute approximate surface area is 144 Å². The number of rotatable bonds is 4. The molecule has 0 aliphatic carbocycles. The van der Waals surface area contributed by atoms with E-state index in [0.29, 0.717) is 13.1 Å². The first-order chi connectivity index (χ1) is 11.5. The molecule has 1 amide bonds. The number of H-pyrrole nitrogens is 1. The van der Waals surface area contributed by atoms with Crippen molar-refractivity contribution in [2.24, 2.45) is 0 Å². The minimum Gasteiger partial charge on any atom is -0.376 e. The predicted octanol–water partition coefficient (Wildman–Crippen LogP) is 4.12. The smallest absolute Gasteiger partial charge is 0.270 e. The third-order valence-corrected chi connectivity index (χ3v) is 5.20. The molecule has 0 bridgehead atoms. The van der Waals surface area contributed by atoms with Gasteiger partial charge in [0.05, 0.1) is 6.10 Å². The van der Waals surface area contributed by atoms with Gasteiger partial charge in [0, 0.05) is 30.6 Å². The number of aromatic nitrogens is 1. The largest absolute Gasteiger partial charge is 0.376 e. The summed E-state index contributed by atoms with van der Waals surface area (Å²) in [4.78, 5) is 18.4. The van der Waals surface area contributed by atoms with Gasteiger partial charge in [-0.3, -0.25) is 4.79 Å². The number of hydrogen-bond donors (Lipinski definition) is 1. The van der Waals surface area contributed by atoms with Crippen LogP contribution in [0.3, 0.4) is 0 Å². The first kappa shape index (κ1) is 17.0. The summed E-state index contributed by atoms with van der Waals surface area (Å²) < 4.78 is 5.82. The van der Waals surface area contributed by atoms with Crippen LogP contribution in [0.4, 0.5) is 0 Å². The van der Waals surface area contributed by atoms with Crippen LogP contribution in [0.2, 0.25) is 0 Å². The van der Waals surface area contributed by atoms with Gasteiger partial charge in [0.2, 0.25) is 0 Å². The van der Waals surface area contributed by atoms with E-state index in [1.807, 2.05) is 18.7 Å². The topological polar surface area (TPSA) is 45.3 Å². The first-order valence-corrected chi connectivity index (χ1v) is 9.02. The van der Waals surface area contributed by atoms with E-state index >= 15 is 0 Å². The zero-order valence-electron chi connectivity index (χ0n) is 15.2. The summed E-state index contributed by atoms with van der Waals surface area (Å²) in [6.45, 7) is 10.5. The SMILES string of the molecule is CCN(C[C@@H]1CCCCO1)C(=O)c1[nH]c2c(C)ccc(C)c2c1C. The van der Waals surface area contributed by atoms with E-state index in [1.165, 1.54) is 22.9 Å². The van der Waals surface area contributed by atoms with Gasteiger partial charge in [0.15, 0.2) is 0 Å². The molecule has 3 rings (SSSR count). The highest BCUT2D eigenvalue weighted by Gasteiger charge is 2.24. The average molecular weight is 328 g/mol. The second kappa shape index (κ2) is 6.98. The van der Waals surface area contributed by atoms with Gasteiger partial charge in [-0.2, -0.15) is 0 Å². The van der Waals surface area contributed by atoms with E-state index in [-0.39, 0.29) is 12.0 Å². The van der Waals surface area contributed by atoms with Gasteiger partial charge in [0.1, 0.15) is 5.69 Å². The molecule has 1 N–H and O–H groups in total. The number of aromatic amines is 1. The lowest BCUT2D eigenvalue weighted by atomic mass is 10.0. The molecule has 2 aromatic rings. The Bertz CT molecular complexity index is 742. The number of aryl methyl sites for hydroxylation is 3. The summed E-state index contributed by atoms with van der Waals surface area (Å²) in [5.74, 6) is 0.0826. The van der Waals surface area contributed by atoms with Gasteiger partial charge in [0.25, 0.3) is 5.91 Å². The fourth-order valence-corrected chi connectivity index (χ4v) is 3.72. The Morgan fingerprint density at radius 2 is 2.00 bits per heavy atom. The van der Waals surface area contributed by atoms with Crippen molar-refractivity contribution in [1.82, 2.24) is 9.88 Å². The van der Waals surface area contributed by atoms with Crippen LogP contribution in [-0.2, 0) is 4.74 Å². The Hall–Kier alpha value is -1.81. The lowest BCUT2D eigenvalue weighted by molar-refractivity contribution is -0.00322. The Kier molecular flexibility index (Phi) is 4.95. The minimum absolute atomic E-state index is 0.0826. The number of nitrogens with zero attached hydrogens (tertiary/aromatic N) is 1. The lowest BCUT2D eigenvalue weighted by Crippen LogP contribution is -2.40. The van der Waals surface area contributed by atoms with Crippen molar-refractivity contribution >= 4 is 16.8 Å². The van der Waals surface area contributed by atoms with Gasteiger partial charge < -0.3 is 14.6 Å². The summed E-state index contributed by atoms with van der Waals surface area (Å²) in [7, 11) is 0. The Morgan fingerprint density at radius 3 is 2.62 bits per heavy atom. The Morgan fingerprint density at radius 1 is 1.25 bits per heavy atom. The summed E-state index contributed by atoms with van der Waals surface area (Å²) in [6, 6.07) is 4.23. The highest BCUT2D eigenvalue weighted by molar-refractivity contribution is 6.02. The fraction of sp³-hybridized carbons (Fsp3) is 0.550. The standard InChI is InChI=1S/C20H28N2O2/c1-5-22(12-16-8-6-7-11-24-16)20(23)19-15(4)17-13(2)9-10-14(3)18(17)21-19/h9-10,16,21H,5-8,11-12H2,1-4H3/t16-/m0/s1. The number of benzene rings is 1. The van der Waals surface area contributed by atoms with E-state index < -0.39 is 0 Å². The lowest BCUT2D eigenvalue weighted by Gasteiger charge is -2.29. The number of ether oxygens (including phenoxy) is 1. The van der Waals surface area contributed by atoms with Crippen molar-refractivity contribution in [3.05, 3.63) is 34.5 Å². The van der Waals surface area contributed by atoms with E-state index in [2.05, 4.69) is 31.0 Å². The van der Waals surface area contributed by atoms with Crippen LogP contribution in [0.15, 0.2) is 12.1 Å². The van der Waals surface area contributed by atoms with Crippen LogP contribution in [0.25, 0.3) is 10.9 Å². The third-order valence-electron chi connectivity index (χ3n) is 5.20. The van der Waals surface area contributed by atoms with Crippen LogP contribution in [-0.4, -0.2) is 41.6 Å². The van der Waals surface area contributed by atoms with Gasteiger partial charge in [-0.05, 0) is 63.6 Å². The molecule has 130 valence electrons. The molecule has 0 radical (unpaired) electrons. The van der Waals surface area contributed by atoms with Crippen LogP contribution < -0.4 is 0 Å². The molecule has 24 heavy (non-hydrogen) atoms. The van der Waals surface area contributed by atoms with Crippen LogP contribution in [0.1, 0.15) is 53.4 Å². The minimum atomic E-state index is 0.0826. The van der Waals surface area contributed by atoms with Gasteiger partial charge >= 0.3 is 0 Å². The summed E-state index contributed by atoms with van der Waals surface area (Å²) >= 11 is 0. The molecule has 1 fully saturated rings. The van der Waals surface area contributed by atoms with Crippen molar-refractivity contribution in [3.63, 3.8) is 0 Å². The molecule has 1 aromatic heterocycles. The third kappa shape index (κ3) is 3.07. The number of fused-ring (bicyclic) bond motifs is 1. The second-order valence-corrected chi connectivity index (χ2v) is 6.91. The summed E-state index contributed by atoms with van der Waals surface area (Å²) in [6.07, 6.45) is 3.56. The molecule has 0 saturated carbocycles. The highest BCUT2D eigenvalue weighted by Crippen LogP contribution is 2.28. The van der Waals surface area contributed by atoms with Crippen molar-refractivity contribution in [1.29, 1.82) is 0 Å². The number of amides is 1. The number of hydrogen-bond acceptors (Lipinski definition) is 2. The molecule has 1 saturated heterocycles. The molecular weight excluding hydrogens is 300 g/mol. The zero-order valence-corrected chi connectivity index (χ0v) is 15.2. The maximum absolute atomic E-state index is 13.1. The monoisotopic (exact) mass is 328 g/mol. The molecule has 4 heteroatoms. The van der Waals surface area contributed by atoms with Crippen molar-refractivity contribution < 1.29 is 9.53 Å². The summed E-state index contributed by atoms with van der Waals surface area (Å²) in [5, 5.41) is 1.18.